The Kier molecular flexibility index (Phi) is 6.02. The SMILES string of the molecule is CCC(C)(C)OC(=O)O[C@@]1(C(=O)O)C(C)C[C@H]2[C@@H]3C[C@H](F)C4=CC(=O)C=C[C@]4(C)C3(F)[C@@H](O)C[C@@]21C. The highest BCUT2D eigenvalue weighted by Gasteiger charge is 2.78. The summed E-state index contributed by atoms with van der Waals surface area (Å²) in [5, 5.41) is 21.9. The van der Waals surface area contributed by atoms with E-state index in [9.17, 15) is 24.6 Å². The number of allylic oxidation sites excluding steroid dienone is 4. The zero-order valence-corrected chi connectivity index (χ0v) is 21.6. The fourth-order valence-corrected chi connectivity index (χ4v) is 7.69. The van der Waals surface area contributed by atoms with Gasteiger partial charge >= 0.3 is 12.1 Å². The molecule has 0 radical (unpaired) electrons. The molecule has 4 aliphatic carbocycles. The van der Waals surface area contributed by atoms with Gasteiger partial charge in [0.1, 0.15) is 11.8 Å². The summed E-state index contributed by atoms with van der Waals surface area (Å²) in [6, 6.07) is 0. The van der Waals surface area contributed by atoms with Gasteiger partial charge in [0.2, 0.25) is 5.60 Å². The van der Waals surface area contributed by atoms with Gasteiger partial charge in [-0.05, 0) is 70.1 Å². The molecule has 0 spiro atoms. The van der Waals surface area contributed by atoms with Gasteiger partial charge in [0, 0.05) is 22.7 Å². The van der Waals surface area contributed by atoms with Gasteiger partial charge in [-0.1, -0.05) is 26.8 Å². The van der Waals surface area contributed by atoms with Crippen molar-refractivity contribution in [2.75, 3.05) is 0 Å². The third-order valence-corrected chi connectivity index (χ3v) is 9.94. The van der Waals surface area contributed by atoms with E-state index >= 15 is 8.78 Å². The van der Waals surface area contributed by atoms with Crippen molar-refractivity contribution in [3.63, 3.8) is 0 Å². The molecule has 0 amide bonds. The number of aliphatic hydroxyl groups excluding tert-OH is 1. The molecule has 3 fully saturated rings. The maximum Gasteiger partial charge on any atom is 0.509 e. The van der Waals surface area contributed by atoms with Crippen LogP contribution in [0.5, 0.6) is 0 Å². The Bertz CT molecular complexity index is 1050. The van der Waals surface area contributed by atoms with E-state index in [1.807, 2.05) is 0 Å². The van der Waals surface area contributed by atoms with E-state index in [0.717, 1.165) is 6.08 Å². The van der Waals surface area contributed by atoms with Gasteiger partial charge in [0.25, 0.3) is 0 Å². The molecule has 7 nitrogen and oxygen atoms in total. The average molecular weight is 511 g/mol. The number of rotatable bonds is 4. The van der Waals surface area contributed by atoms with Crippen LogP contribution < -0.4 is 0 Å². The van der Waals surface area contributed by atoms with Crippen LogP contribution in [0.1, 0.15) is 67.2 Å². The minimum atomic E-state index is -2.35. The number of ether oxygens (including phenoxy) is 2. The quantitative estimate of drug-likeness (QED) is 0.527. The van der Waals surface area contributed by atoms with Crippen LogP contribution in [0.15, 0.2) is 23.8 Å². The number of halogens is 2. The molecule has 0 aliphatic heterocycles. The van der Waals surface area contributed by atoms with Crippen LogP contribution in [0.4, 0.5) is 13.6 Å². The van der Waals surface area contributed by atoms with Crippen molar-refractivity contribution in [3.8, 4) is 0 Å². The fourth-order valence-electron chi connectivity index (χ4n) is 7.69. The van der Waals surface area contributed by atoms with Gasteiger partial charge in [0.05, 0.1) is 6.10 Å². The van der Waals surface area contributed by atoms with Crippen molar-refractivity contribution in [1.29, 1.82) is 0 Å². The van der Waals surface area contributed by atoms with Crippen LogP contribution in [0.3, 0.4) is 0 Å². The number of hydrogen-bond donors (Lipinski definition) is 2. The largest absolute Gasteiger partial charge is 0.509 e. The van der Waals surface area contributed by atoms with E-state index in [-0.39, 0.29) is 24.8 Å². The number of alkyl halides is 2. The highest BCUT2D eigenvalue weighted by molar-refractivity contribution is 6.01. The predicted molar refractivity (Wildman–Crippen MR) is 125 cm³/mol. The second-order valence-electron chi connectivity index (χ2n) is 12.1. The third-order valence-electron chi connectivity index (χ3n) is 9.94. The Hall–Kier alpha value is -2.29. The van der Waals surface area contributed by atoms with Gasteiger partial charge in [0.15, 0.2) is 11.5 Å². The summed E-state index contributed by atoms with van der Waals surface area (Å²) in [7, 11) is 0. The highest BCUT2D eigenvalue weighted by Crippen LogP contribution is 2.71. The minimum Gasteiger partial charge on any atom is -0.478 e. The van der Waals surface area contributed by atoms with Crippen LogP contribution in [-0.4, -0.2) is 57.3 Å². The molecular formula is C27H36F2O7. The first kappa shape index (κ1) is 26.8. The van der Waals surface area contributed by atoms with Crippen LogP contribution in [-0.2, 0) is 19.1 Å². The molecular weight excluding hydrogens is 474 g/mol. The topological polar surface area (TPSA) is 110 Å². The molecule has 9 heteroatoms. The molecule has 0 bridgehead atoms. The molecule has 2 N–H and O–H groups in total. The molecule has 4 aliphatic rings. The van der Waals surface area contributed by atoms with E-state index in [1.54, 1.807) is 34.6 Å². The average Bonchev–Trinajstić information content (AvgIpc) is 2.99. The molecule has 200 valence electrons. The van der Waals surface area contributed by atoms with Crippen molar-refractivity contribution in [3.05, 3.63) is 23.8 Å². The summed E-state index contributed by atoms with van der Waals surface area (Å²) >= 11 is 0. The van der Waals surface area contributed by atoms with Gasteiger partial charge < -0.3 is 19.7 Å². The molecule has 0 aromatic heterocycles. The summed E-state index contributed by atoms with van der Waals surface area (Å²) in [5.74, 6) is -4.40. The third kappa shape index (κ3) is 3.26. The standard InChI is InChI=1S/C27H36F2O7/c1-7-23(3,4)35-22(34)36-27(21(32)33)14(2)10-16-17-12-19(28)18-11-15(30)8-9-24(18,5)26(17,29)20(31)13-25(16,27)6/h8-9,11,14,16-17,19-20,31H,7,10,12-13H2,1-6H3,(H,32,33)/t14?,16-,17-,19-,20-,24-,25-,26?,27+/m0/s1. The number of carbonyl (C=O) groups is 3. The monoisotopic (exact) mass is 510 g/mol. The molecule has 2 unspecified atom stereocenters. The van der Waals surface area contributed by atoms with Crippen LogP contribution in [0, 0.1) is 28.6 Å². The summed E-state index contributed by atoms with van der Waals surface area (Å²) in [5.41, 5.74) is -8.34. The minimum absolute atomic E-state index is 0.00595. The van der Waals surface area contributed by atoms with Gasteiger partial charge in [-0.2, -0.15) is 0 Å². The molecule has 36 heavy (non-hydrogen) atoms. The van der Waals surface area contributed by atoms with E-state index in [2.05, 4.69) is 0 Å². The van der Waals surface area contributed by atoms with Crippen molar-refractivity contribution in [1.82, 2.24) is 0 Å². The van der Waals surface area contributed by atoms with Crippen LogP contribution >= 0.6 is 0 Å². The first-order valence-electron chi connectivity index (χ1n) is 12.6. The molecule has 0 aromatic carbocycles. The number of ketones is 1. The zero-order valence-electron chi connectivity index (χ0n) is 21.6. The number of carbonyl (C=O) groups excluding carboxylic acids is 2. The normalized spacial score (nSPS) is 45.8. The van der Waals surface area contributed by atoms with Crippen molar-refractivity contribution >= 4 is 17.9 Å². The lowest BCUT2D eigenvalue weighted by Crippen LogP contribution is -2.71. The second-order valence-corrected chi connectivity index (χ2v) is 12.1. The Morgan fingerprint density at radius 3 is 2.44 bits per heavy atom. The summed E-state index contributed by atoms with van der Waals surface area (Å²) in [6.07, 6.45) is -0.881. The predicted octanol–water partition coefficient (Wildman–Crippen LogP) is 4.72. The molecule has 0 saturated heterocycles. The van der Waals surface area contributed by atoms with Gasteiger partial charge in [-0.15, -0.1) is 0 Å². The lowest BCUT2D eigenvalue weighted by Gasteiger charge is -2.62. The molecule has 9 atom stereocenters. The zero-order chi connectivity index (χ0) is 27.1. The summed E-state index contributed by atoms with van der Waals surface area (Å²) in [4.78, 5) is 37.7. The van der Waals surface area contributed by atoms with E-state index in [1.165, 1.54) is 19.1 Å². The van der Waals surface area contributed by atoms with Gasteiger partial charge in [-0.25, -0.2) is 18.4 Å². The number of aliphatic carboxylic acids is 1. The Morgan fingerprint density at radius 1 is 1.22 bits per heavy atom. The van der Waals surface area contributed by atoms with Crippen molar-refractivity contribution in [2.45, 2.75) is 96.4 Å². The van der Waals surface area contributed by atoms with Crippen molar-refractivity contribution in [2.24, 2.45) is 28.6 Å². The Morgan fingerprint density at radius 2 is 1.86 bits per heavy atom. The Labute approximate surface area is 209 Å². The maximum atomic E-state index is 17.3. The van der Waals surface area contributed by atoms with E-state index in [4.69, 9.17) is 9.47 Å². The van der Waals surface area contributed by atoms with E-state index < -0.39 is 75.6 Å². The first-order valence-corrected chi connectivity index (χ1v) is 12.6. The number of fused-ring (bicyclic) bond motifs is 5. The maximum absolute atomic E-state index is 17.3. The molecule has 3 saturated carbocycles. The van der Waals surface area contributed by atoms with E-state index in [0.29, 0.717) is 6.42 Å². The fraction of sp³-hybridized carbons (Fsp3) is 0.741. The first-order chi connectivity index (χ1) is 16.5. The summed E-state index contributed by atoms with van der Waals surface area (Å²) < 4.78 is 43.9. The Balaban J connectivity index is 1.80. The second kappa shape index (κ2) is 8.10. The van der Waals surface area contributed by atoms with Crippen molar-refractivity contribution < 1.29 is 42.9 Å². The number of carboxylic acids is 1. The smallest absolute Gasteiger partial charge is 0.478 e. The highest BCUT2D eigenvalue weighted by atomic mass is 19.1. The number of carboxylic acid groups (broad SMARTS) is 1. The lowest BCUT2D eigenvalue weighted by atomic mass is 9.44. The van der Waals surface area contributed by atoms with Gasteiger partial charge in [-0.3, -0.25) is 4.79 Å². The number of hydrogen-bond acceptors (Lipinski definition) is 6. The molecule has 4 rings (SSSR count). The van der Waals surface area contributed by atoms with Crippen LogP contribution in [0.25, 0.3) is 0 Å². The lowest BCUT2D eigenvalue weighted by molar-refractivity contribution is -0.233. The molecule has 0 heterocycles. The van der Waals surface area contributed by atoms with Crippen LogP contribution in [0.2, 0.25) is 0 Å². The number of aliphatic hydroxyl groups is 1. The summed E-state index contributed by atoms with van der Waals surface area (Å²) in [6.45, 7) is 9.83. The molecule has 0 aromatic rings.